The lowest BCUT2D eigenvalue weighted by Gasteiger charge is -2.08. The summed E-state index contributed by atoms with van der Waals surface area (Å²) < 4.78 is 8.77. The fourth-order valence-corrected chi connectivity index (χ4v) is 2.69. The highest BCUT2D eigenvalue weighted by Crippen LogP contribution is 2.22. The van der Waals surface area contributed by atoms with Crippen molar-refractivity contribution in [3.8, 4) is 5.75 Å². The van der Waals surface area contributed by atoms with Gasteiger partial charge >= 0.3 is 0 Å². The number of nitrogens with zero attached hydrogens (tertiary/aromatic N) is 2. The number of aryl methyl sites for hydroxylation is 2. The molecule has 0 aliphatic rings. The van der Waals surface area contributed by atoms with Gasteiger partial charge < -0.3 is 4.74 Å². The summed E-state index contributed by atoms with van der Waals surface area (Å²) in [5.41, 5.74) is 3.40. The van der Waals surface area contributed by atoms with Crippen LogP contribution in [0.15, 0.2) is 47.2 Å². The largest absolute Gasteiger partial charge is 0.485 e. The smallest absolute Gasteiger partial charge is 0.152 e. The van der Waals surface area contributed by atoms with Crippen LogP contribution in [0.1, 0.15) is 17.0 Å². The van der Waals surface area contributed by atoms with Gasteiger partial charge in [0.1, 0.15) is 17.0 Å². The molecule has 3 rings (SSSR count). The minimum atomic E-state index is 0.445. The van der Waals surface area contributed by atoms with Crippen LogP contribution in [0.25, 0.3) is 5.52 Å². The number of rotatable bonds is 3. The summed E-state index contributed by atoms with van der Waals surface area (Å²) >= 11 is 3.51. The van der Waals surface area contributed by atoms with E-state index in [2.05, 4.69) is 44.4 Å². The van der Waals surface area contributed by atoms with Gasteiger partial charge in [-0.1, -0.05) is 18.2 Å². The van der Waals surface area contributed by atoms with Crippen molar-refractivity contribution < 1.29 is 4.74 Å². The summed E-state index contributed by atoms with van der Waals surface area (Å²) in [6.45, 7) is 4.56. The molecule has 0 aliphatic carbocycles. The molecule has 0 spiro atoms. The summed E-state index contributed by atoms with van der Waals surface area (Å²) in [5.74, 6) is 1.78. The fraction of sp³-hybridized carbons (Fsp3) is 0.188. The number of fused-ring (bicyclic) bond motifs is 1. The Balaban J connectivity index is 1.90. The van der Waals surface area contributed by atoms with Gasteiger partial charge in [0.2, 0.25) is 0 Å². The summed E-state index contributed by atoms with van der Waals surface area (Å²) in [4.78, 5) is 4.53. The number of imidazole rings is 1. The van der Waals surface area contributed by atoms with Crippen molar-refractivity contribution in [3.63, 3.8) is 0 Å². The predicted molar refractivity (Wildman–Crippen MR) is 83.1 cm³/mol. The quantitative estimate of drug-likeness (QED) is 0.716. The summed E-state index contributed by atoms with van der Waals surface area (Å²) in [6.07, 6.45) is 2.03. The van der Waals surface area contributed by atoms with Gasteiger partial charge in [0.25, 0.3) is 0 Å². The highest BCUT2D eigenvalue weighted by Gasteiger charge is 2.10. The highest BCUT2D eigenvalue weighted by atomic mass is 79.9. The number of pyridine rings is 1. The number of ether oxygens (including phenoxy) is 1. The molecule has 102 valence electrons. The van der Waals surface area contributed by atoms with E-state index in [1.807, 2.05) is 37.4 Å². The molecule has 0 amide bonds. The second-order valence-electron chi connectivity index (χ2n) is 4.83. The Morgan fingerprint density at radius 2 is 2.00 bits per heavy atom. The molecule has 0 saturated carbocycles. The van der Waals surface area contributed by atoms with E-state index in [0.29, 0.717) is 6.61 Å². The SMILES string of the molecule is Cc1ccn2c(COc3ccccc3C)nc(Br)c2c1. The lowest BCUT2D eigenvalue weighted by atomic mass is 10.2. The molecule has 3 nitrogen and oxygen atoms in total. The Hall–Kier alpha value is -1.81. The van der Waals surface area contributed by atoms with E-state index >= 15 is 0 Å². The zero-order chi connectivity index (χ0) is 14.1. The molecular weight excluding hydrogens is 316 g/mol. The van der Waals surface area contributed by atoms with Crippen LogP contribution in [0.4, 0.5) is 0 Å². The van der Waals surface area contributed by atoms with E-state index in [0.717, 1.165) is 27.3 Å². The van der Waals surface area contributed by atoms with E-state index < -0.39 is 0 Å². The third-order valence-corrected chi connectivity index (χ3v) is 3.86. The first-order valence-corrected chi connectivity index (χ1v) is 7.26. The monoisotopic (exact) mass is 330 g/mol. The number of halogens is 1. The minimum absolute atomic E-state index is 0.445. The maximum Gasteiger partial charge on any atom is 0.152 e. The zero-order valence-corrected chi connectivity index (χ0v) is 13.0. The number of hydrogen-bond donors (Lipinski definition) is 0. The van der Waals surface area contributed by atoms with Gasteiger partial charge in [-0.2, -0.15) is 0 Å². The molecule has 0 bridgehead atoms. The van der Waals surface area contributed by atoms with Crippen molar-refractivity contribution in [1.29, 1.82) is 0 Å². The van der Waals surface area contributed by atoms with Gasteiger partial charge in [0.15, 0.2) is 5.82 Å². The molecule has 20 heavy (non-hydrogen) atoms. The molecule has 3 aromatic rings. The van der Waals surface area contributed by atoms with Crippen LogP contribution in [0.5, 0.6) is 5.75 Å². The van der Waals surface area contributed by atoms with Crippen molar-refractivity contribution in [1.82, 2.24) is 9.38 Å². The topological polar surface area (TPSA) is 26.5 Å². The van der Waals surface area contributed by atoms with Gasteiger partial charge in [0.05, 0.1) is 5.52 Å². The van der Waals surface area contributed by atoms with E-state index in [-0.39, 0.29) is 0 Å². The highest BCUT2D eigenvalue weighted by molar-refractivity contribution is 9.10. The molecule has 0 unspecified atom stereocenters. The van der Waals surface area contributed by atoms with E-state index in [9.17, 15) is 0 Å². The Bertz CT molecular complexity index is 764. The second kappa shape index (κ2) is 5.29. The molecule has 0 radical (unpaired) electrons. The van der Waals surface area contributed by atoms with E-state index in [1.54, 1.807) is 0 Å². The molecule has 0 saturated heterocycles. The van der Waals surface area contributed by atoms with Crippen LogP contribution in [0, 0.1) is 13.8 Å². The van der Waals surface area contributed by atoms with Crippen molar-refractivity contribution in [2.75, 3.05) is 0 Å². The van der Waals surface area contributed by atoms with Crippen LogP contribution in [-0.4, -0.2) is 9.38 Å². The van der Waals surface area contributed by atoms with Crippen LogP contribution in [0.3, 0.4) is 0 Å². The maximum atomic E-state index is 5.87. The van der Waals surface area contributed by atoms with E-state index in [1.165, 1.54) is 5.56 Å². The molecular formula is C16H15BrN2O. The average Bonchev–Trinajstić information content (AvgIpc) is 2.74. The van der Waals surface area contributed by atoms with Gasteiger partial charge in [-0.15, -0.1) is 0 Å². The predicted octanol–water partition coefficient (Wildman–Crippen LogP) is 4.29. The van der Waals surface area contributed by atoms with Crippen molar-refractivity contribution in [3.05, 3.63) is 64.1 Å². The zero-order valence-electron chi connectivity index (χ0n) is 11.4. The van der Waals surface area contributed by atoms with Gasteiger partial charge in [-0.25, -0.2) is 4.98 Å². The van der Waals surface area contributed by atoms with Crippen LogP contribution in [0.2, 0.25) is 0 Å². The Kier molecular flexibility index (Phi) is 3.49. The maximum absolute atomic E-state index is 5.87. The Labute approximate surface area is 126 Å². The number of para-hydroxylation sites is 1. The first-order chi connectivity index (χ1) is 9.65. The average molecular weight is 331 g/mol. The number of hydrogen-bond acceptors (Lipinski definition) is 2. The molecule has 2 heterocycles. The normalized spacial score (nSPS) is 10.9. The minimum Gasteiger partial charge on any atom is -0.485 e. The van der Waals surface area contributed by atoms with Crippen molar-refractivity contribution in [2.45, 2.75) is 20.5 Å². The van der Waals surface area contributed by atoms with Crippen LogP contribution >= 0.6 is 15.9 Å². The van der Waals surface area contributed by atoms with E-state index in [4.69, 9.17) is 4.74 Å². The van der Waals surface area contributed by atoms with Crippen molar-refractivity contribution in [2.24, 2.45) is 0 Å². The molecule has 0 aliphatic heterocycles. The van der Waals surface area contributed by atoms with Crippen molar-refractivity contribution >= 4 is 21.4 Å². The summed E-state index contributed by atoms with van der Waals surface area (Å²) in [7, 11) is 0. The van der Waals surface area contributed by atoms with Gasteiger partial charge in [0, 0.05) is 6.20 Å². The third-order valence-electron chi connectivity index (χ3n) is 3.28. The number of benzene rings is 1. The van der Waals surface area contributed by atoms with Gasteiger partial charge in [-0.3, -0.25) is 4.40 Å². The fourth-order valence-electron chi connectivity index (χ4n) is 2.18. The summed E-state index contributed by atoms with van der Waals surface area (Å²) in [5, 5.41) is 0. The molecule has 0 fully saturated rings. The standard InChI is InChI=1S/C16H15BrN2O/c1-11-7-8-19-13(9-11)16(17)18-15(19)10-20-14-6-4-3-5-12(14)2/h3-9H,10H2,1-2H3. The van der Waals surface area contributed by atoms with Crippen LogP contribution < -0.4 is 4.74 Å². The molecule has 4 heteroatoms. The molecule has 1 aromatic carbocycles. The Morgan fingerprint density at radius 3 is 2.80 bits per heavy atom. The Morgan fingerprint density at radius 1 is 1.20 bits per heavy atom. The first-order valence-electron chi connectivity index (χ1n) is 6.46. The molecule has 2 aromatic heterocycles. The summed E-state index contributed by atoms with van der Waals surface area (Å²) in [6, 6.07) is 12.2. The second-order valence-corrected chi connectivity index (χ2v) is 5.58. The third kappa shape index (κ3) is 2.43. The van der Waals surface area contributed by atoms with Crippen LogP contribution in [-0.2, 0) is 6.61 Å². The lowest BCUT2D eigenvalue weighted by molar-refractivity contribution is 0.293. The lowest BCUT2D eigenvalue weighted by Crippen LogP contribution is -2.02. The number of aromatic nitrogens is 2. The molecule has 0 N–H and O–H groups in total. The molecule has 0 atom stereocenters. The first kappa shape index (κ1) is 13.2. The van der Waals surface area contributed by atoms with Gasteiger partial charge in [-0.05, 0) is 59.1 Å².